The Morgan fingerprint density at radius 3 is 2.35 bits per heavy atom. The number of imide groups is 1. The maximum Gasteiger partial charge on any atom is 0.407 e. The minimum Gasteiger partial charge on any atom is -0.444 e. The standard InChI is InChI=1S/C30H36N4O6/c1-30(2,3)40-29(39)31-16-15-25(35)33-24-12-8-7-9-20(24)18-32-26(36)19-13-14-22-23(17-19)28(38)34(27(22)37)21-10-5-4-6-11-21/h7-9,12-14,17,21H,4-6,10-11,15-16,18H2,1-3H3,(H,31,39)(H,32,36)(H,33,35). The highest BCUT2D eigenvalue weighted by Gasteiger charge is 2.40. The lowest BCUT2D eigenvalue weighted by Crippen LogP contribution is -2.40. The summed E-state index contributed by atoms with van der Waals surface area (Å²) in [6.07, 6.45) is 4.18. The predicted octanol–water partition coefficient (Wildman–Crippen LogP) is 4.40. The molecule has 40 heavy (non-hydrogen) atoms. The average molecular weight is 549 g/mol. The molecule has 0 atom stereocenters. The molecule has 1 heterocycles. The fourth-order valence-corrected chi connectivity index (χ4v) is 4.95. The van der Waals surface area contributed by atoms with Crippen molar-refractivity contribution >= 4 is 35.4 Å². The molecule has 1 fully saturated rings. The van der Waals surface area contributed by atoms with Gasteiger partial charge >= 0.3 is 6.09 Å². The highest BCUT2D eigenvalue weighted by Crippen LogP contribution is 2.31. The molecule has 0 aromatic heterocycles. The number of hydrogen-bond acceptors (Lipinski definition) is 6. The van der Waals surface area contributed by atoms with E-state index in [1.165, 1.54) is 11.0 Å². The third-order valence-electron chi connectivity index (χ3n) is 6.87. The van der Waals surface area contributed by atoms with Crippen molar-refractivity contribution < 1.29 is 28.7 Å². The summed E-state index contributed by atoms with van der Waals surface area (Å²) in [5.41, 5.74) is 1.46. The Balaban J connectivity index is 1.33. The van der Waals surface area contributed by atoms with Gasteiger partial charge < -0.3 is 20.7 Å². The van der Waals surface area contributed by atoms with Crippen molar-refractivity contribution in [2.75, 3.05) is 11.9 Å². The third-order valence-corrected chi connectivity index (χ3v) is 6.87. The van der Waals surface area contributed by atoms with E-state index in [2.05, 4.69) is 16.0 Å². The maximum absolute atomic E-state index is 13.1. The quantitative estimate of drug-likeness (QED) is 0.419. The first kappa shape index (κ1) is 28.8. The van der Waals surface area contributed by atoms with Crippen molar-refractivity contribution in [1.29, 1.82) is 0 Å². The molecular formula is C30H36N4O6. The van der Waals surface area contributed by atoms with Crippen LogP contribution in [0.1, 0.15) is 95.9 Å². The van der Waals surface area contributed by atoms with Crippen LogP contribution in [-0.4, -0.2) is 52.8 Å². The molecule has 10 heteroatoms. The Labute approximate surface area is 233 Å². The lowest BCUT2D eigenvalue weighted by atomic mass is 9.94. The second kappa shape index (κ2) is 12.3. The summed E-state index contributed by atoms with van der Waals surface area (Å²) >= 11 is 0. The zero-order valence-electron chi connectivity index (χ0n) is 23.2. The number of benzene rings is 2. The number of amides is 5. The molecule has 4 rings (SSSR count). The summed E-state index contributed by atoms with van der Waals surface area (Å²) in [6.45, 7) is 5.50. The van der Waals surface area contributed by atoms with Gasteiger partial charge in [0.15, 0.2) is 0 Å². The number of hydrogen-bond donors (Lipinski definition) is 3. The largest absolute Gasteiger partial charge is 0.444 e. The molecule has 0 unspecified atom stereocenters. The van der Waals surface area contributed by atoms with E-state index in [1.54, 1.807) is 57.2 Å². The van der Waals surface area contributed by atoms with Gasteiger partial charge in [0.1, 0.15) is 5.60 Å². The molecule has 212 valence electrons. The molecular weight excluding hydrogens is 512 g/mol. The van der Waals surface area contributed by atoms with Crippen molar-refractivity contribution in [2.45, 2.75) is 77.5 Å². The fraction of sp³-hybridized carbons (Fsp3) is 0.433. The second-order valence-corrected chi connectivity index (χ2v) is 11.1. The summed E-state index contributed by atoms with van der Waals surface area (Å²) in [7, 11) is 0. The molecule has 1 aliphatic heterocycles. The van der Waals surface area contributed by atoms with Gasteiger partial charge in [-0.25, -0.2) is 4.79 Å². The molecule has 2 aromatic carbocycles. The van der Waals surface area contributed by atoms with Gasteiger partial charge in [0.05, 0.1) is 11.1 Å². The summed E-state index contributed by atoms with van der Waals surface area (Å²) in [5, 5.41) is 8.18. The van der Waals surface area contributed by atoms with Gasteiger partial charge in [0.25, 0.3) is 17.7 Å². The van der Waals surface area contributed by atoms with Gasteiger partial charge in [-0.1, -0.05) is 37.5 Å². The molecule has 0 spiro atoms. The molecule has 0 bridgehead atoms. The van der Waals surface area contributed by atoms with Crippen molar-refractivity contribution in [3.8, 4) is 0 Å². The summed E-state index contributed by atoms with van der Waals surface area (Å²) in [6, 6.07) is 11.6. The first-order valence-corrected chi connectivity index (χ1v) is 13.7. The normalized spacial score (nSPS) is 15.4. The maximum atomic E-state index is 13.1. The van der Waals surface area contributed by atoms with Crippen LogP contribution in [0.4, 0.5) is 10.5 Å². The molecule has 0 radical (unpaired) electrons. The average Bonchev–Trinajstić information content (AvgIpc) is 3.16. The Kier molecular flexibility index (Phi) is 8.86. The number of carbonyl (C=O) groups is 5. The van der Waals surface area contributed by atoms with E-state index in [0.717, 1.165) is 32.1 Å². The number of para-hydroxylation sites is 1. The number of nitrogens with one attached hydrogen (secondary N) is 3. The van der Waals surface area contributed by atoms with Gasteiger partial charge in [-0.2, -0.15) is 0 Å². The molecule has 0 saturated heterocycles. The van der Waals surface area contributed by atoms with Gasteiger partial charge in [0, 0.05) is 36.8 Å². The Morgan fingerprint density at radius 2 is 1.62 bits per heavy atom. The third kappa shape index (κ3) is 7.05. The number of anilines is 1. The zero-order valence-corrected chi connectivity index (χ0v) is 23.2. The van der Waals surface area contributed by atoms with Gasteiger partial charge in [-0.3, -0.25) is 24.1 Å². The van der Waals surface area contributed by atoms with E-state index < -0.39 is 17.6 Å². The molecule has 2 aromatic rings. The molecule has 1 saturated carbocycles. The number of fused-ring (bicyclic) bond motifs is 1. The second-order valence-electron chi connectivity index (χ2n) is 11.1. The van der Waals surface area contributed by atoms with Crippen LogP contribution < -0.4 is 16.0 Å². The monoisotopic (exact) mass is 548 g/mol. The highest BCUT2D eigenvalue weighted by molar-refractivity contribution is 6.22. The molecule has 3 N–H and O–H groups in total. The molecule has 5 amide bonds. The van der Waals surface area contributed by atoms with Crippen molar-refractivity contribution in [2.24, 2.45) is 0 Å². The fourth-order valence-electron chi connectivity index (χ4n) is 4.95. The minimum atomic E-state index is -0.627. The zero-order chi connectivity index (χ0) is 28.9. The number of carbonyl (C=O) groups excluding carboxylic acids is 5. The topological polar surface area (TPSA) is 134 Å². The predicted molar refractivity (Wildman–Crippen MR) is 149 cm³/mol. The number of ether oxygens (including phenoxy) is 1. The molecule has 10 nitrogen and oxygen atoms in total. The Bertz CT molecular complexity index is 1310. The van der Waals surface area contributed by atoms with Crippen LogP contribution in [0.15, 0.2) is 42.5 Å². The summed E-state index contributed by atoms with van der Waals surface area (Å²) < 4.78 is 5.16. The van der Waals surface area contributed by atoms with E-state index in [1.807, 2.05) is 0 Å². The van der Waals surface area contributed by atoms with Crippen molar-refractivity contribution in [3.05, 3.63) is 64.7 Å². The molecule has 1 aliphatic carbocycles. The number of nitrogens with zero attached hydrogens (tertiary/aromatic N) is 1. The van der Waals surface area contributed by atoms with E-state index in [0.29, 0.717) is 16.8 Å². The van der Waals surface area contributed by atoms with Crippen molar-refractivity contribution in [3.63, 3.8) is 0 Å². The Morgan fingerprint density at radius 1 is 0.925 bits per heavy atom. The van der Waals surface area contributed by atoms with Gasteiger partial charge in [-0.15, -0.1) is 0 Å². The number of rotatable bonds is 8. The van der Waals surface area contributed by atoms with Crippen LogP contribution >= 0.6 is 0 Å². The first-order valence-electron chi connectivity index (χ1n) is 13.7. The minimum absolute atomic E-state index is 0.0414. The van der Waals surface area contributed by atoms with Crippen LogP contribution in [0.5, 0.6) is 0 Å². The van der Waals surface area contributed by atoms with E-state index >= 15 is 0 Å². The van der Waals surface area contributed by atoms with Crippen molar-refractivity contribution in [1.82, 2.24) is 15.5 Å². The number of alkyl carbamates (subject to hydrolysis) is 1. The summed E-state index contributed by atoms with van der Waals surface area (Å²) in [4.78, 5) is 64.5. The molecule has 2 aliphatic rings. The van der Waals surface area contributed by atoms with Crippen LogP contribution in [-0.2, 0) is 16.1 Å². The smallest absolute Gasteiger partial charge is 0.407 e. The van der Waals surface area contributed by atoms with Crippen LogP contribution in [0.2, 0.25) is 0 Å². The van der Waals surface area contributed by atoms with Crippen LogP contribution in [0, 0.1) is 0 Å². The Hall–Kier alpha value is -4.21. The SMILES string of the molecule is CC(C)(C)OC(=O)NCCC(=O)Nc1ccccc1CNC(=O)c1ccc2c(c1)C(=O)N(C1CCCCC1)C2=O. The van der Waals surface area contributed by atoms with E-state index in [-0.39, 0.29) is 54.4 Å². The van der Waals surface area contributed by atoms with Gasteiger partial charge in [-0.05, 0) is 63.4 Å². The van der Waals surface area contributed by atoms with Gasteiger partial charge in [0.2, 0.25) is 5.91 Å². The van der Waals surface area contributed by atoms with Crippen LogP contribution in [0.25, 0.3) is 0 Å². The lowest BCUT2D eigenvalue weighted by molar-refractivity contribution is -0.116. The first-order chi connectivity index (χ1) is 19.0. The summed E-state index contributed by atoms with van der Waals surface area (Å²) in [5.74, 6) is -1.33. The van der Waals surface area contributed by atoms with E-state index in [9.17, 15) is 24.0 Å². The van der Waals surface area contributed by atoms with E-state index in [4.69, 9.17) is 4.74 Å². The highest BCUT2D eigenvalue weighted by atomic mass is 16.6. The lowest BCUT2D eigenvalue weighted by Gasteiger charge is -2.29. The van der Waals surface area contributed by atoms with Crippen LogP contribution in [0.3, 0.4) is 0 Å².